The molecular weight excluding hydrogens is 198 g/mol. The molecule has 0 amide bonds. The molecule has 0 spiro atoms. The summed E-state index contributed by atoms with van der Waals surface area (Å²) in [7, 11) is 1.71. The van der Waals surface area contributed by atoms with Gasteiger partial charge in [-0.2, -0.15) is 16.4 Å². The zero-order valence-corrected chi connectivity index (χ0v) is 8.41. The SMILES string of the molecule is Cn1ncc(C(=O)c2ccsc2)c1N. The van der Waals surface area contributed by atoms with Crippen molar-refractivity contribution in [1.29, 1.82) is 0 Å². The molecule has 2 N–H and O–H groups in total. The first-order valence-electron chi connectivity index (χ1n) is 4.04. The molecule has 72 valence electrons. The van der Waals surface area contributed by atoms with Crippen molar-refractivity contribution >= 4 is 22.9 Å². The zero-order chi connectivity index (χ0) is 10.1. The van der Waals surface area contributed by atoms with Crippen LogP contribution in [0.2, 0.25) is 0 Å². The van der Waals surface area contributed by atoms with Gasteiger partial charge in [0.05, 0.1) is 11.8 Å². The number of aromatic nitrogens is 2. The van der Waals surface area contributed by atoms with Gasteiger partial charge in [-0.3, -0.25) is 9.48 Å². The number of nitrogen functional groups attached to an aromatic ring is 1. The van der Waals surface area contributed by atoms with E-state index in [1.54, 1.807) is 18.5 Å². The number of rotatable bonds is 2. The van der Waals surface area contributed by atoms with Crippen molar-refractivity contribution in [2.75, 3.05) is 5.73 Å². The van der Waals surface area contributed by atoms with Crippen molar-refractivity contribution < 1.29 is 4.79 Å². The number of nitrogens with two attached hydrogens (primary N) is 1. The molecule has 5 heteroatoms. The number of ketones is 1. The smallest absolute Gasteiger partial charge is 0.199 e. The minimum Gasteiger partial charge on any atom is -0.383 e. The second-order valence-electron chi connectivity index (χ2n) is 2.91. The Morgan fingerprint density at radius 3 is 2.93 bits per heavy atom. The Hall–Kier alpha value is -1.62. The summed E-state index contributed by atoms with van der Waals surface area (Å²) in [5.41, 5.74) is 6.82. The number of carbonyl (C=O) groups excluding carboxylic acids is 1. The maximum atomic E-state index is 11.8. The first kappa shape index (κ1) is 8.96. The van der Waals surface area contributed by atoms with Crippen LogP contribution < -0.4 is 5.73 Å². The number of hydrogen-bond donors (Lipinski definition) is 1. The number of anilines is 1. The fraction of sp³-hybridized carbons (Fsp3) is 0.111. The van der Waals surface area contributed by atoms with Crippen LogP contribution in [0, 0.1) is 0 Å². The maximum Gasteiger partial charge on any atom is 0.199 e. The number of thiophene rings is 1. The molecule has 0 saturated heterocycles. The average molecular weight is 207 g/mol. The van der Waals surface area contributed by atoms with Gasteiger partial charge in [-0.15, -0.1) is 0 Å². The van der Waals surface area contributed by atoms with Crippen LogP contribution in [0.4, 0.5) is 5.82 Å². The molecule has 0 bridgehead atoms. The number of carbonyl (C=O) groups is 1. The largest absolute Gasteiger partial charge is 0.383 e. The Morgan fingerprint density at radius 1 is 1.64 bits per heavy atom. The lowest BCUT2D eigenvalue weighted by Crippen LogP contribution is -2.05. The second-order valence-corrected chi connectivity index (χ2v) is 3.69. The molecule has 0 aliphatic heterocycles. The highest BCUT2D eigenvalue weighted by molar-refractivity contribution is 7.08. The summed E-state index contributed by atoms with van der Waals surface area (Å²) in [5.74, 6) is 0.332. The van der Waals surface area contributed by atoms with Gasteiger partial charge in [0, 0.05) is 18.0 Å². The van der Waals surface area contributed by atoms with E-state index >= 15 is 0 Å². The summed E-state index contributed by atoms with van der Waals surface area (Å²) >= 11 is 1.49. The van der Waals surface area contributed by atoms with Crippen LogP contribution in [0.1, 0.15) is 15.9 Å². The third kappa shape index (κ3) is 1.31. The van der Waals surface area contributed by atoms with E-state index in [1.165, 1.54) is 22.2 Å². The Bertz CT molecular complexity index is 458. The van der Waals surface area contributed by atoms with E-state index in [4.69, 9.17) is 5.73 Å². The molecule has 0 unspecified atom stereocenters. The van der Waals surface area contributed by atoms with E-state index in [9.17, 15) is 4.79 Å². The van der Waals surface area contributed by atoms with Crippen molar-refractivity contribution in [3.63, 3.8) is 0 Å². The van der Waals surface area contributed by atoms with Gasteiger partial charge < -0.3 is 5.73 Å². The Morgan fingerprint density at radius 2 is 2.43 bits per heavy atom. The first-order valence-corrected chi connectivity index (χ1v) is 4.99. The quantitative estimate of drug-likeness (QED) is 0.755. The summed E-state index contributed by atoms with van der Waals surface area (Å²) in [6, 6.07) is 1.78. The van der Waals surface area contributed by atoms with E-state index in [0.717, 1.165) is 0 Å². The molecule has 2 aromatic rings. The predicted molar refractivity (Wildman–Crippen MR) is 55.4 cm³/mol. The minimum atomic E-state index is -0.0724. The van der Waals surface area contributed by atoms with E-state index in [1.807, 2.05) is 5.38 Å². The molecule has 2 rings (SSSR count). The van der Waals surface area contributed by atoms with Gasteiger partial charge in [0.15, 0.2) is 5.78 Å². The van der Waals surface area contributed by atoms with Crippen molar-refractivity contribution in [2.24, 2.45) is 7.05 Å². The molecule has 0 radical (unpaired) electrons. The normalized spacial score (nSPS) is 10.4. The molecule has 0 aliphatic rings. The van der Waals surface area contributed by atoms with Gasteiger partial charge in [0.25, 0.3) is 0 Å². The molecule has 0 saturated carbocycles. The molecule has 0 aliphatic carbocycles. The Kier molecular flexibility index (Phi) is 2.09. The van der Waals surface area contributed by atoms with Gasteiger partial charge >= 0.3 is 0 Å². The average Bonchev–Trinajstić information content (AvgIpc) is 2.77. The number of nitrogens with zero attached hydrogens (tertiary/aromatic N) is 2. The highest BCUT2D eigenvalue weighted by Gasteiger charge is 2.15. The summed E-state index contributed by atoms with van der Waals surface area (Å²) in [6.45, 7) is 0. The molecule has 2 heterocycles. The van der Waals surface area contributed by atoms with Crippen LogP contribution in [0.25, 0.3) is 0 Å². The summed E-state index contributed by atoms with van der Waals surface area (Å²) < 4.78 is 1.49. The summed E-state index contributed by atoms with van der Waals surface area (Å²) in [5, 5.41) is 7.58. The van der Waals surface area contributed by atoms with Crippen molar-refractivity contribution in [1.82, 2.24) is 9.78 Å². The minimum absolute atomic E-state index is 0.0724. The van der Waals surface area contributed by atoms with Crippen LogP contribution >= 0.6 is 11.3 Å². The molecular formula is C9H9N3OS. The molecule has 0 aromatic carbocycles. The predicted octanol–water partition coefficient (Wildman–Crippen LogP) is 1.29. The van der Waals surface area contributed by atoms with Crippen LogP contribution in [-0.2, 0) is 7.05 Å². The highest BCUT2D eigenvalue weighted by Crippen LogP contribution is 2.17. The van der Waals surface area contributed by atoms with Gasteiger partial charge in [-0.25, -0.2) is 0 Å². The van der Waals surface area contributed by atoms with Crippen LogP contribution in [0.5, 0.6) is 0 Å². The van der Waals surface area contributed by atoms with Crippen molar-refractivity contribution in [3.8, 4) is 0 Å². The summed E-state index contributed by atoms with van der Waals surface area (Å²) in [6.07, 6.45) is 1.50. The van der Waals surface area contributed by atoms with Crippen LogP contribution in [-0.4, -0.2) is 15.6 Å². The first-order chi connectivity index (χ1) is 6.70. The maximum absolute atomic E-state index is 11.8. The lowest BCUT2D eigenvalue weighted by atomic mass is 10.1. The molecule has 0 atom stereocenters. The topological polar surface area (TPSA) is 60.9 Å². The van der Waals surface area contributed by atoms with Crippen molar-refractivity contribution in [3.05, 3.63) is 34.2 Å². The van der Waals surface area contributed by atoms with E-state index in [-0.39, 0.29) is 5.78 Å². The lowest BCUT2D eigenvalue weighted by molar-refractivity contribution is 0.104. The fourth-order valence-corrected chi connectivity index (χ4v) is 1.81. The van der Waals surface area contributed by atoms with E-state index < -0.39 is 0 Å². The van der Waals surface area contributed by atoms with Gasteiger partial charge in [0.1, 0.15) is 5.82 Å². The Balaban J connectivity index is 2.42. The molecule has 0 fully saturated rings. The monoisotopic (exact) mass is 207 g/mol. The second kappa shape index (κ2) is 3.26. The highest BCUT2D eigenvalue weighted by atomic mass is 32.1. The third-order valence-electron chi connectivity index (χ3n) is 2.01. The van der Waals surface area contributed by atoms with E-state index in [2.05, 4.69) is 5.10 Å². The third-order valence-corrected chi connectivity index (χ3v) is 2.70. The van der Waals surface area contributed by atoms with Gasteiger partial charge in [-0.1, -0.05) is 0 Å². The molecule has 14 heavy (non-hydrogen) atoms. The summed E-state index contributed by atoms with van der Waals surface area (Å²) in [4.78, 5) is 11.8. The van der Waals surface area contributed by atoms with Crippen LogP contribution in [0.3, 0.4) is 0 Å². The zero-order valence-electron chi connectivity index (χ0n) is 7.60. The number of aryl methyl sites for hydroxylation is 1. The fourth-order valence-electron chi connectivity index (χ4n) is 1.17. The standard InChI is InChI=1S/C9H9N3OS/c1-12-9(10)7(4-11-12)8(13)6-2-3-14-5-6/h2-5H,10H2,1H3. The molecule has 2 aromatic heterocycles. The van der Waals surface area contributed by atoms with Gasteiger partial charge in [-0.05, 0) is 11.4 Å². The number of hydrogen-bond acceptors (Lipinski definition) is 4. The Labute approximate surface area is 85.0 Å². The van der Waals surface area contributed by atoms with Gasteiger partial charge in [0.2, 0.25) is 0 Å². The van der Waals surface area contributed by atoms with E-state index in [0.29, 0.717) is 16.9 Å². The molecule has 4 nitrogen and oxygen atoms in total. The lowest BCUT2D eigenvalue weighted by Gasteiger charge is -1.97. The van der Waals surface area contributed by atoms with Crippen molar-refractivity contribution in [2.45, 2.75) is 0 Å². The van der Waals surface area contributed by atoms with Crippen LogP contribution in [0.15, 0.2) is 23.0 Å².